The van der Waals surface area contributed by atoms with Crippen LogP contribution in [0.1, 0.15) is 37.6 Å². The number of aryl methyl sites for hydroxylation is 1. The van der Waals surface area contributed by atoms with Crippen molar-refractivity contribution in [3.05, 3.63) is 23.8 Å². The average Bonchev–Trinajstić information content (AvgIpc) is 2.93. The van der Waals surface area contributed by atoms with E-state index < -0.39 is 17.9 Å². The van der Waals surface area contributed by atoms with Gasteiger partial charge in [0.25, 0.3) is 5.91 Å². The Labute approximate surface area is 128 Å². The van der Waals surface area contributed by atoms with Gasteiger partial charge in [-0.1, -0.05) is 25.5 Å². The van der Waals surface area contributed by atoms with Gasteiger partial charge in [-0.2, -0.15) is 0 Å². The fraction of sp³-hybridized carbons (Fsp3) is 0.467. The van der Waals surface area contributed by atoms with Crippen LogP contribution in [0.3, 0.4) is 0 Å². The summed E-state index contributed by atoms with van der Waals surface area (Å²) in [5.74, 6) is -1.59. The van der Waals surface area contributed by atoms with Crippen LogP contribution in [-0.4, -0.2) is 38.0 Å². The second-order valence-electron chi connectivity index (χ2n) is 5.28. The number of hydrogen-bond donors (Lipinski definition) is 2. The third-order valence-corrected chi connectivity index (χ3v) is 3.84. The minimum Gasteiger partial charge on any atom is -0.480 e. The van der Waals surface area contributed by atoms with Crippen molar-refractivity contribution >= 4 is 22.9 Å². The summed E-state index contributed by atoms with van der Waals surface area (Å²) in [6.07, 6.45) is 0.668. The molecule has 118 valence electrons. The molecule has 22 heavy (non-hydrogen) atoms. The van der Waals surface area contributed by atoms with Gasteiger partial charge >= 0.3 is 5.97 Å². The van der Waals surface area contributed by atoms with Crippen molar-refractivity contribution < 1.29 is 14.7 Å². The lowest BCUT2D eigenvalue weighted by Crippen LogP contribution is -2.45. The number of carbonyl (C=O) groups is 2. The summed E-state index contributed by atoms with van der Waals surface area (Å²) < 4.78 is 1.73. The van der Waals surface area contributed by atoms with Crippen molar-refractivity contribution in [3.8, 4) is 0 Å². The average molecular weight is 304 g/mol. The van der Waals surface area contributed by atoms with Crippen molar-refractivity contribution in [2.75, 3.05) is 0 Å². The first kappa shape index (κ1) is 15.9. The normalized spacial score (nSPS) is 13.8. The van der Waals surface area contributed by atoms with E-state index in [2.05, 4.69) is 15.6 Å². The summed E-state index contributed by atoms with van der Waals surface area (Å²) in [7, 11) is 0. The van der Waals surface area contributed by atoms with Gasteiger partial charge in [0, 0.05) is 12.1 Å². The molecule has 1 heterocycles. The maximum atomic E-state index is 12.3. The highest BCUT2D eigenvalue weighted by Crippen LogP contribution is 2.15. The van der Waals surface area contributed by atoms with Crippen LogP contribution in [0.15, 0.2) is 18.2 Å². The number of carboxylic acid groups (broad SMARTS) is 1. The molecule has 2 unspecified atom stereocenters. The summed E-state index contributed by atoms with van der Waals surface area (Å²) in [4.78, 5) is 23.6. The van der Waals surface area contributed by atoms with Crippen LogP contribution >= 0.6 is 0 Å². The SMILES string of the molecule is CCC(C)C(NC(=O)c1ccc2c(c1)nnn2CC)C(=O)O. The van der Waals surface area contributed by atoms with Crippen LogP contribution in [0.25, 0.3) is 11.0 Å². The van der Waals surface area contributed by atoms with E-state index in [-0.39, 0.29) is 5.92 Å². The number of aromatic nitrogens is 3. The molecule has 7 heteroatoms. The van der Waals surface area contributed by atoms with Gasteiger partial charge in [-0.15, -0.1) is 5.10 Å². The molecule has 0 aliphatic carbocycles. The Bertz CT molecular complexity index is 695. The predicted molar refractivity (Wildman–Crippen MR) is 81.5 cm³/mol. The van der Waals surface area contributed by atoms with Crippen molar-refractivity contribution in [3.63, 3.8) is 0 Å². The molecule has 0 saturated carbocycles. The molecule has 2 aromatic rings. The maximum Gasteiger partial charge on any atom is 0.326 e. The second kappa shape index (κ2) is 6.55. The number of benzene rings is 1. The molecule has 1 aromatic heterocycles. The molecule has 2 N–H and O–H groups in total. The fourth-order valence-corrected chi connectivity index (χ4v) is 2.25. The zero-order valence-electron chi connectivity index (χ0n) is 12.9. The van der Waals surface area contributed by atoms with E-state index in [4.69, 9.17) is 0 Å². The Morgan fingerprint density at radius 2 is 2.09 bits per heavy atom. The highest BCUT2D eigenvalue weighted by Gasteiger charge is 2.25. The first-order chi connectivity index (χ1) is 10.5. The number of nitrogens with zero attached hydrogens (tertiary/aromatic N) is 3. The minimum atomic E-state index is -1.03. The van der Waals surface area contributed by atoms with Crippen molar-refractivity contribution in [2.45, 2.75) is 39.8 Å². The van der Waals surface area contributed by atoms with Gasteiger partial charge in [-0.25, -0.2) is 9.48 Å². The van der Waals surface area contributed by atoms with Crippen molar-refractivity contribution in [1.29, 1.82) is 0 Å². The topological polar surface area (TPSA) is 97.1 Å². The minimum absolute atomic E-state index is 0.147. The number of hydrogen-bond acceptors (Lipinski definition) is 4. The van der Waals surface area contributed by atoms with Crippen LogP contribution in [0.4, 0.5) is 0 Å². The monoisotopic (exact) mass is 304 g/mol. The number of amides is 1. The van der Waals surface area contributed by atoms with Gasteiger partial charge in [0.15, 0.2) is 0 Å². The molecule has 7 nitrogen and oxygen atoms in total. The van der Waals surface area contributed by atoms with E-state index in [1.54, 1.807) is 29.8 Å². The summed E-state index contributed by atoms with van der Waals surface area (Å²) in [5.41, 5.74) is 1.84. The Morgan fingerprint density at radius 1 is 1.36 bits per heavy atom. The molecule has 2 atom stereocenters. The smallest absolute Gasteiger partial charge is 0.326 e. The van der Waals surface area contributed by atoms with E-state index in [9.17, 15) is 14.7 Å². The van der Waals surface area contributed by atoms with Gasteiger partial charge in [0.2, 0.25) is 0 Å². The molecule has 0 spiro atoms. The summed E-state index contributed by atoms with van der Waals surface area (Å²) in [5, 5.41) is 19.8. The number of carboxylic acids is 1. The zero-order valence-corrected chi connectivity index (χ0v) is 12.9. The largest absolute Gasteiger partial charge is 0.480 e. The van der Waals surface area contributed by atoms with Gasteiger partial charge < -0.3 is 10.4 Å². The van der Waals surface area contributed by atoms with E-state index in [0.29, 0.717) is 24.0 Å². The highest BCUT2D eigenvalue weighted by atomic mass is 16.4. The quantitative estimate of drug-likeness (QED) is 0.846. The molecule has 1 aromatic carbocycles. The first-order valence-corrected chi connectivity index (χ1v) is 7.34. The highest BCUT2D eigenvalue weighted by molar-refractivity contribution is 5.99. The Kier molecular flexibility index (Phi) is 4.75. The summed E-state index contributed by atoms with van der Waals surface area (Å²) >= 11 is 0. The zero-order chi connectivity index (χ0) is 16.3. The van der Waals surface area contributed by atoms with Gasteiger partial charge in [0.05, 0.1) is 5.52 Å². The van der Waals surface area contributed by atoms with Crippen molar-refractivity contribution in [1.82, 2.24) is 20.3 Å². The van der Waals surface area contributed by atoms with Crippen molar-refractivity contribution in [2.24, 2.45) is 5.92 Å². The summed E-state index contributed by atoms with van der Waals surface area (Å²) in [6.45, 7) is 6.34. The number of nitrogens with one attached hydrogen (secondary N) is 1. The fourth-order valence-electron chi connectivity index (χ4n) is 2.25. The molecular formula is C15H20N4O3. The molecule has 2 rings (SSSR count). The molecule has 0 saturated heterocycles. The summed E-state index contributed by atoms with van der Waals surface area (Å²) in [6, 6.07) is 4.15. The molecule has 0 aliphatic heterocycles. The third kappa shape index (κ3) is 3.08. The molecule has 0 aliphatic rings. The van der Waals surface area contributed by atoms with Gasteiger partial charge in [-0.05, 0) is 31.0 Å². The van der Waals surface area contributed by atoms with Crippen LogP contribution in [-0.2, 0) is 11.3 Å². The molecule has 0 fully saturated rings. The number of carbonyl (C=O) groups excluding carboxylic acids is 1. The number of rotatable bonds is 6. The first-order valence-electron chi connectivity index (χ1n) is 7.34. The van der Waals surface area contributed by atoms with Crippen LogP contribution < -0.4 is 5.32 Å². The predicted octanol–water partition coefficient (Wildman–Crippen LogP) is 1.68. The van der Waals surface area contributed by atoms with E-state index in [0.717, 1.165) is 5.52 Å². The van der Waals surface area contributed by atoms with Gasteiger partial charge in [-0.3, -0.25) is 4.79 Å². The van der Waals surface area contributed by atoms with E-state index in [1.165, 1.54) is 0 Å². The number of aliphatic carboxylic acids is 1. The Balaban J connectivity index is 2.23. The Hall–Kier alpha value is -2.44. The molecule has 0 radical (unpaired) electrons. The van der Waals surface area contributed by atoms with E-state index in [1.807, 2.05) is 13.8 Å². The molecule has 0 bridgehead atoms. The Morgan fingerprint density at radius 3 is 2.68 bits per heavy atom. The standard InChI is InChI=1S/C15H20N4O3/c1-4-9(3)13(15(21)22)16-14(20)10-6-7-12-11(8-10)17-18-19(12)5-2/h6-9,13H,4-5H2,1-3H3,(H,16,20)(H,21,22). The molecular weight excluding hydrogens is 284 g/mol. The lowest BCUT2D eigenvalue weighted by atomic mass is 9.99. The maximum absolute atomic E-state index is 12.3. The second-order valence-corrected chi connectivity index (χ2v) is 5.28. The third-order valence-electron chi connectivity index (χ3n) is 3.84. The van der Waals surface area contributed by atoms with E-state index >= 15 is 0 Å². The van der Waals surface area contributed by atoms with Crippen LogP contribution in [0, 0.1) is 5.92 Å². The molecule has 1 amide bonds. The lowest BCUT2D eigenvalue weighted by molar-refractivity contribution is -0.140. The van der Waals surface area contributed by atoms with Crippen LogP contribution in [0.2, 0.25) is 0 Å². The number of fused-ring (bicyclic) bond motifs is 1. The lowest BCUT2D eigenvalue weighted by Gasteiger charge is -2.20. The van der Waals surface area contributed by atoms with Crippen LogP contribution in [0.5, 0.6) is 0 Å². The van der Waals surface area contributed by atoms with Gasteiger partial charge in [0.1, 0.15) is 11.6 Å².